The second kappa shape index (κ2) is 4.10. The van der Waals surface area contributed by atoms with Crippen molar-refractivity contribution in [3.05, 3.63) is 36.7 Å². The highest BCUT2D eigenvalue weighted by atomic mass is 32.1. The number of hydrogen-bond acceptors (Lipinski definition) is 5. The lowest BCUT2D eigenvalue weighted by Gasteiger charge is -1.99. The summed E-state index contributed by atoms with van der Waals surface area (Å²) in [5, 5.41) is 3.94. The van der Waals surface area contributed by atoms with Crippen molar-refractivity contribution in [1.29, 1.82) is 0 Å². The number of fused-ring (bicyclic) bond motifs is 1. The van der Waals surface area contributed by atoms with Gasteiger partial charge in [0, 0.05) is 13.2 Å². The quantitative estimate of drug-likeness (QED) is 0.750. The molecule has 3 aromatic rings. The van der Waals surface area contributed by atoms with Gasteiger partial charge in [0.25, 0.3) is 0 Å². The molecule has 0 aliphatic carbocycles. The van der Waals surface area contributed by atoms with Gasteiger partial charge >= 0.3 is 0 Å². The van der Waals surface area contributed by atoms with Gasteiger partial charge in [-0.25, -0.2) is 9.97 Å². The van der Waals surface area contributed by atoms with E-state index in [1.807, 2.05) is 31.3 Å². The molecule has 1 N–H and O–H groups in total. The number of thiazole rings is 1. The van der Waals surface area contributed by atoms with Crippen LogP contribution in [0.2, 0.25) is 0 Å². The molecule has 0 saturated carbocycles. The molecular weight excluding hydrogens is 232 g/mol. The summed E-state index contributed by atoms with van der Waals surface area (Å²) in [5.74, 6) is 0. The summed E-state index contributed by atoms with van der Waals surface area (Å²) in [6.07, 6.45) is 3.55. The number of pyridine rings is 2. The second-order valence-corrected chi connectivity index (χ2v) is 4.56. The molecule has 5 heteroatoms. The summed E-state index contributed by atoms with van der Waals surface area (Å²) >= 11 is 1.61. The van der Waals surface area contributed by atoms with E-state index in [0.29, 0.717) is 0 Å². The van der Waals surface area contributed by atoms with E-state index in [1.54, 1.807) is 23.7 Å². The smallest absolute Gasteiger partial charge is 0.170 e. The van der Waals surface area contributed by atoms with Gasteiger partial charge in [-0.2, -0.15) is 0 Å². The van der Waals surface area contributed by atoms with Crippen LogP contribution in [0.5, 0.6) is 0 Å². The fraction of sp³-hybridized carbons (Fsp3) is 0.0833. The van der Waals surface area contributed by atoms with Crippen LogP contribution >= 0.6 is 11.3 Å². The van der Waals surface area contributed by atoms with Crippen LogP contribution in [-0.4, -0.2) is 22.0 Å². The highest BCUT2D eigenvalue weighted by Crippen LogP contribution is 2.27. The second-order valence-electron chi connectivity index (χ2n) is 3.53. The zero-order chi connectivity index (χ0) is 11.7. The summed E-state index contributed by atoms with van der Waals surface area (Å²) < 4.78 is 1.09. The fourth-order valence-electron chi connectivity index (χ4n) is 1.55. The Morgan fingerprint density at radius 1 is 1.18 bits per heavy atom. The van der Waals surface area contributed by atoms with Gasteiger partial charge in [0.2, 0.25) is 0 Å². The van der Waals surface area contributed by atoms with Gasteiger partial charge in [0.05, 0.1) is 22.3 Å². The normalized spacial score (nSPS) is 10.6. The molecule has 0 saturated heterocycles. The van der Waals surface area contributed by atoms with Crippen molar-refractivity contribution in [3.63, 3.8) is 0 Å². The monoisotopic (exact) mass is 242 g/mol. The van der Waals surface area contributed by atoms with Crippen LogP contribution in [0.1, 0.15) is 0 Å². The van der Waals surface area contributed by atoms with Gasteiger partial charge in [-0.3, -0.25) is 4.98 Å². The minimum atomic E-state index is 0.784. The molecule has 3 rings (SSSR count). The Bertz CT molecular complexity index is 612. The van der Waals surface area contributed by atoms with E-state index in [2.05, 4.69) is 20.3 Å². The van der Waals surface area contributed by atoms with E-state index >= 15 is 0 Å². The summed E-state index contributed by atoms with van der Waals surface area (Å²) in [5.41, 5.74) is 2.66. The molecule has 0 radical (unpaired) electrons. The largest absolute Gasteiger partial charge is 0.387 e. The van der Waals surface area contributed by atoms with Gasteiger partial charge in [-0.15, -0.1) is 11.3 Å². The third-order valence-electron chi connectivity index (χ3n) is 2.44. The van der Waals surface area contributed by atoms with Crippen molar-refractivity contribution in [2.24, 2.45) is 0 Å². The molecule has 0 unspecified atom stereocenters. The van der Waals surface area contributed by atoms with Gasteiger partial charge in [0.1, 0.15) is 5.01 Å². The Labute approximate surface area is 102 Å². The zero-order valence-electron chi connectivity index (χ0n) is 9.21. The minimum Gasteiger partial charge on any atom is -0.387 e. The van der Waals surface area contributed by atoms with Crippen molar-refractivity contribution in [2.75, 3.05) is 12.4 Å². The van der Waals surface area contributed by atoms with Gasteiger partial charge < -0.3 is 5.32 Å². The maximum absolute atomic E-state index is 4.46. The molecule has 3 aromatic heterocycles. The summed E-state index contributed by atoms with van der Waals surface area (Å²) in [6, 6.07) is 7.89. The molecule has 84 valence electrons. The number of rotatable bonds is 2. The highest BCUT2D eigenvalue weighted by molar-refractivity contribution is 7.21. The first-order valence-electron chi connectivity index (χ1n) is 5.22. The fourth-order valence-corrected chi connectivity index (χ4v) is 2.45. The predicted molar refractivity (Wildman–Crippen MR) is 70.2 cm³/mol. The van der Waals surface area contributed by atoms with Crippen molar-refractivity contribution in [2.45, 2.75) is 0 Å². The number of hydrogen-bond donors (Lipinski definition) is 1. The van der Waals surface area contributed by atoms with Crippen LogP contribution in [0, 0.1) is 0 Å². The van der Waals surface area contributed by atoms with E-state index in [-0.39, 0.29) is 0 Å². The maximum Gasteiger partial charge on any atom is 0.170 e. The first kappa shape index (κ1) is 10.2. The van der Waals surface area contributed by atoms with Gasteiger partial charge in [-0.05, 0) is 24.3 Å². The average Bonchev–Trinajstić information content (AvgIpc) is 2.82. The lowest BCUT2D eigenvalue weighted by atomic mass is 10.3. The van der Waals surface area contributed by atoms with E-state index in [0.717, 1.165) is 26.7 Å². The molecule has 0 fully saturated rings. The van der Waals surface area contributed by atoms with Crippen LogP contribution in [0.4, 0.5) is 5.69 Å². The van der Waals surface area contributed by atoms with Crippen molar-refractivity contribution >= 4 is 27.4 Å². The van der Waals surface area contributed by atoms with Gasteiger partial charge in [0.15, 0.2) is 5.65 Å². The Hall–Kier alpha value is -2.01. The zero-order valence-corrected chi connectivity index (χ0v) is 10.0. The third kappa shape index (κ3) is 1.85. The first-order valence-corrected chi connectivity index (χ1v) is 6.04. The number of nitrogens with zero attached hydrogens (tertiary/aromatic N) is 3. The molecule has 0 atom stereocenters. The Kier molecular flexibility index (Phi) is 2.45. The Morgan fingerprint density at radius 3 is 2.82 bits per heavy atom. The molecule has 0 aliphatic rings. The van der Waals surface area contributed by atoms with Crippen LogP contribution in [0.15, 0.2) is 36.7 Å². The van der Waals surface area contributed by atoms with E-state index < -0.39 is 0 Å². The van der Waals surface area contributed by atoms with Crippen molar-refractivity contribution < 1.29 is 0 Å². The van der Waals surface area contributed by atoms with Crippen molar-refractivity contribution in [3.8, 4) is 10.7 Å². The standard InChI is InChI=1S/C12H10N4S/c1-13-8-4-5-9(15-7-8)12-16-11-10(17-12)3-2-6-14-11/h2-7,13H,1H3. The average molecular weight is 242 g/mol. The molecule has 0 aliphatic heterocycles. The molecule has 0 aromatic carbocycles. The van der Waals surface area contributed by atoms with E-state index in [1.165, 1.54) is 0 Å². The molecule has 0 spiro atoms. The summed E-state index contributed by atoms with van der Waals surface area (Å²) in [4.78, 5) is 13.1. The molecular formula is C12H10N4S. The third-order valence-corrected chi connectivity index (χ3v) is 3.47. The molecule has 4 nitrogen and oxygen atoms in total. The van der Waals surface area contributed by atoms with Crippen LogP contribution in [-0.2, 0) is 0 Å². The lowest BCUT2D eigenvalue weighted by molar-refractivity contribution is 1.27. The van der Waals surface area contributed by atoms with Crippen LogP contribution in [0.3, 0.4) is 0 Å². The summed E-state index contributed by atoms with van der Waals surface area (Å²) in [7, 11) is 1.87. The molecule has 0 amide bonds. The SMILES string of the molecule is CNc1ccc(-c2nc3ncccc3s2)nc1. The number of aromatic nitrogens is 3. The van der Waals surface area contributed by atoms with Crippen molar-refractivity contribution in [1.82, 2.24) is 15.0 Å². The maximum atomic E-state index is 4.46. The topological polar surface area (TPSA) is 50.7 Å². The van der Waals surface area contributed by atoms with Gasteiger partial charge in [-0.1, -0.05) is 0 Å². The predicted octanol–water partition coefficient (Wildman–Crippen LogP) is 2.80. The number of anilines is 1. The Balaban J connectivity index is 2.07. The lowest BCUT2D eigenvalue weighted by Crippen LogP contribution is -1.89. The molecule has 3 heterocycles. The van der Waals surface area contributed by atoms with Crippen LogP contribution in [0.25, 0.3) is 21.0 Å². The van der Waals surface area contributed by atoms with E-state index in [9.17, 15) is 0 Å². The minimum absolute atomic E-state index is 0.784. The molecule has 17 heavy (non-hydrogen) atoms. The highest BCUT2D eigenvalue weighted by Gasteiger charge is 2.07. The van der Waals surface area contributed by atoms with Crippen LogP contribution < -0.4 is 5.32 Å². The first-order chi connectivity index (χ1) is 8.36. The molecule has 0 bridgehead atoms. The summed E-state index contributed by atoms with van der Waals surface area (Å²) in [6.45, 7) is 0. The number of nitrogens with one attached hydrogen (secondary N) is 1. The Morgan fingerprint density at radius 2 is 2.12 bits per heavy atom. The van der Waals surface area contributed by atoms with E-state index in [4.69, 9.17) is 0 Å².